The third kappa shape index (κ3) is 6.51. The van der Waals surface area contributed by atoms with Gasteiger partial charge in [-0.05, 0) is 111 Å². The molecule has 314 valence electrons. The summed E-state index contributed by atoms with van der Waals surface area (Å²) < 4.78 is 9.28. The molecule has 67 heavy (non-hydrogen) atoms. The van der Waals surface area contributed by atoms with Crippen LogP contribution in [0.5, 0.6) is 0 Å². The van der Waals surface area contributed by atoms with Crippen LogP contribution in [-0.2, 0) is 0 Å². The van der Waals surface area contributed by atoms with Crippen LogP contribution in [-0.4, -0.2) is 4.57 Å². The molecule has 13 aromatic rings. The van der Waals surface area contributed by atoms with Gasteiger partial charge in [0, 0.05) is 49.7 Å². The highest BCUT2D eigenvalue weighted by Gasteiger charge is 2.22. The van der Waals surface area contributed by atoms with Crippen LogP contribution in [0.15, 0.2) is 259 Å². The van der Waals surface area contributed by atoms with Crippen molar-refractivity contribution in [2.75, 3.05) is 4.90 Å². The fourth-order valence-corrected chi connectivity index (χ4v) is 10.3. The highest BCUT2D eigenvalue weighted by Crippen LogP contribution is 2.47. The van der Waals surface area contributed by atoms with Crippen molar-refractivity contribution in [3.63, 3.8) is 0 Å². The molecule has 3 heteroatoms. The maximum atomic E-state index is 6.90. The van der Waals surface area contributed by atoms with Crippen LogP contribution in [0.2, 0.25) is 0 Å². The van der Waals surface area contributed by atoms with Gasteiger partial charge in [-0.3, -0.25) is 0 Å². The summed E-state index contributed by atoms with van der Waals surface area (Å²) in [6.45, 7) is 0. The maximum absolute atomic E-state index is 6.90. The lowest BCUT2D eigenvalue weighted by atomic mass is 9.91. The predicted octanol–water partition coefficient (Wildman–Crippen LogP) is 18.0. The molecule has 0 bridgehead atoms. The first kappa shape index (κ1) is 38.5. The van der Waals surface area contributed by atoms with E-state index in [1.54, 1.807) is 0 Å². The Morgan fingerprint density at radius 3 is 1.72 bits per heavy atom. The van der Waals surface area contributed by atoms with Crippen molar-refractivity contribution in [1.29, 1.82) is 0 Å². The van der Waals surface area contributed by atoms with E-state index in [1.165, 1.54) is 38.4 Å². The van der Waals surface area contributed by atoms with E-state index in [1.807, 2.05) is 0 Å². The van der Waals surface area contributed by atoms with Gasteiger partial charge in [0.2, 0.25) is 0 Å². The number of rotatable bonds is 8. The van der Waals surface area contributed by atoms with Gasteiger partial charge in [0.05, 0.1) is 16.7 Å². The van der Waals surface area contributed by atoms with Gasteiger partial charge >= 0.3 is 0 Å². The number of nitrogens with zero attached hydrogens (tertiary/aromatic N) is 2. The summed E-state index contributed by atoms with van der Waals surface area (Å²) in [5, 5.41) is 7.01. The van der Waals surface area contributed by atoms with Crippen molar-refractivity contribution >= 4 is 71.6 Å². The molecule has 3 nitrogen and oxygen atoms in total. The summed E-state index contributed by atoms with van der Waals surface area (Å²) in [5.74, 6) is 0. The van der Waals surface area contributed by atoms with E-state index in [-0.39, 0.29) is 0 Å². The normalized spacial score (nSPS) is 11.6. The molecule has 0 N–H and O–H groups in total. The molecular weight excluding hydrogens is 813 g/mol. The second-order valence-corrected chi connectivity index (χ2v) is 17.2. The Morgan fingerprint density at radius 1 is 0.313 bits per heavy atom. The van der Waals surface area contributed by atoms with Crippen molar-refractivity contribution < 1.29 is 4.42 Å². The molecule has 0 fully saturated rings. The van der Waals surface area contributed by atoms with Gasteiger partial charge in [-0.25, -0.2) is 0 Å². The van der Waals surface area contributed by atoms with Gasteiger partial charge < -0.3 is 13.9 Å². The summed E-state index contributed by atoms with van der Waals surface area (Å²) in [4.78, 5) is 2.40. The van der Waals surface area contributed by atoms with E-state index in [2.05, 4.69) is 264 Å². The summed E-state index contributed by atoms with van der Waals surface area (Å²) in [7, 11) is 0. The van der Waals surface area contributed by atoms with E-state index in [9.17, 15) is 0 Å². The molecule has 13 rings (SSSR count). The molecule has 0 amide bonds. The number of benzene rings is 11. The fourth-order valence-electron chi connectivity index (χ4n) is 10.3. The van der Waals surface area contributed by atoms with Crippen LogP contribution < -0.4 is 4.90 Å². The van der Waals surface area contributed by atoms with Crippen molar-refractivity contribution in [2.45, 2.75) is 0 Å². The number of furan rings is 1. The lowest BCUT2D eigenvalue weighted by Gasteiger charge is -2.28. The van der Waals surface area contributed by atoms with Crippen LogP contribution in [0.4, 0.5) is 17.1 Å². The topological polar surface area (TPSA) is 21.3 Å². The Kier molecular flexibility index (Phi) is 9.17. The average molecular weight is 855 g/mol. The summed E-state index contributed by atoms with van der Waals surface area (Å²) in [6, 6.07) is 91.8. The maximum Gasteiger partial charge on any atom is 0.143 e. The molecule has 0 unspecified atom stereocenters. The predicted molar refractivity (Wildman–Crippen MR) is 282 cm³/mol. The average Bonchev–Trinajstić information content (AvgIpc) is 3.96. The van der Waals surface area contributed by atoms with E-state index in [4.69, 9.17) is 4.42 Å². The summed E-state index contributed by atoms with van der Waals surface area (Å²) >= 11 is 0. The largest absolute Gasteiger partial charge is 0.455 e. The Balaban J connectivity index is 1.02. The molecule has 0 aliphatic carbocycles. The first-order valence-electron chi connectivity index (χ1n) is 22.9. The highest BCUT2D eigenvalue weighted by molar-refractivity contribution is 6.25. The smallest absolute Gasteiger partial charge is 0.143 e. The minimum absolute atomic E-state index is 0.879. The molecule has 0 aliphatic rings. The highest BCUT2D eigenvalue weighted by atomic mass is 16.3. The number of anilines is 3. The Hall–Kier alpha value is -8.92. The SMILES string of the molecule is c1ccc(-c2ccc(N(c3cccc(-c4cccc5c4cc(-c4ccc6c7ccccc7n(-c7ccccc7)c6c4)c4oc6ccccc6c45)c3)c3ccccc3-c3ccccc3)cc2)cc1. The zero-order valence-electron chi connectivity index (χ0n) is 36.6. The van der Waals surface area contributed by atoms with Crippen molar-refractivity contribution in [2.24, 2.45) is 0 Å². The van der Waals surface area contributed by atoms with Gasteiger partial charge in [0.25, 0.3) is 0 Å². The monoisotopic (exact) mass is 854 g/mol. The third-order valence-electron chi connectivity index (χ3n) is 13.4. The minimum atomic E-state index is 0.879. The van der Waals surface area contributed by atoms with Crippen LogP contribution >= 0.6 is 0 Å². The van der Waals surface area contributed by atoms with E-state index < -0.39 is 0 Å². The van der Waals surface area contributed by atoms with Gasteiger partial charge in [0.15, 0.2) is 0 Å². The lowest BCUT2D eigenvalue weighted by Crippen LogP contribution is -2.11. The second-order valence-electron chi connectivity index (χ2n) is 17.2. The van der Waals surface area contributed by atoms with Crippen LogP contribution in [0.25, 0.3) is 105 Å². The number of hydrogen-bond donors (Lipinski definition) is 0. The first-order valence-corrected chi connectivity index (χ1v) is 22.9. The molecule has 0 radical (unpaired) electrons. The first-order chi connectivity index (χ1) is 33.2. The number of aromatic nitrogens is 1. The quantitative estimate of drug-likeness (QED) is 0.152. The zero-order chi connectivity index (χ0) is 44.3. The van der Waals surface area contributed by atoms with E-state index in [0.29, 0.717) is 0 Å². The van der Waals surface area contributed by atoms with E-state index >= 15 is 0 Å². The molecule has 11 aromatic carbocycles. The van der Waals surface area contributed by atoms with Crippen molar-refractivity contribution in [3.05, 3.63) is 255 Å². The van der Waals surface area contributed by atoms with Crippen LogP contribution in [0, 0.1) is 0 Å². The molecule has 0 spiro atoms. The number of hydrogen-bond acceptors (Lipinski definition) is 2. The number of fused-ring (bicyclic) bond motifs is 8. The molecule has 0 saturated carbocycles. The molecule has 2 aromatic heterocycles. The third-order valence-corrected chi connectivity index (χ3v) is 13.4. The molecule has 0 atom stereocenters. The lowest BCUT2D eigenvalue weighted by molar-refractivity contribution is 0.670. The van der Waals surface area contributed by atoms with E-state index in [0.717, 1.165) is 83.4 Å². The Bertz CT molecular complexity index is 3960. The summed E-state index contributed by atoms with van der Waals surface area (Å²) in [6.07, 6.45) is 0. The standard InChI is InChI=1S/C64H42N2O/c1-4-18-43(19-5-1)44-34-37-49(38-35-44)65(59-31-13-10-26-52(59)45-20-6-2-7-21-45)50-25-16-22-46(40-50)51-29-17-30-55-58(51)42-57(64-63(55)56-28-12-15-33-62(56)67-64)47-36-39-54-53-27-11-14-32-60(53)66(61(54)41-47)48-23-8-3-9-24-48/h1-42H. The van der Waals surface area contributed by atoms with Gasteiger partial charge in [0.1, 0.15) is 11.2 Å². The van der Waals surface area contributed by atoms with Crippen LogP contribution in [0.1, 0.15) is 0 Å². The fraction of sp³-hybridized carbons (Fsp3) is 0. The zero-order valence-corrected chi connectivity index (χ0v) is 36.6. The second kappa shape index (κ2) is 16.0. The Morgan fingerprint density at radius 2 is 0.896 bits per heavy atom. The van der Waals surface area contributed by atoms with Gasteiger partial charge in [-0.1, -0.05) is 188 Å². The Labute approximate surface area is 388 Å². The minimum Gasteiger partial charge on any atom is -0.455 e. The number of para-hydroxylation sites is 4. The summed E-state index contributed by atoms with van der Waals surface area (Å²) in [5.41, 5.74) is 17.6. The van der Waals surface area contributed by atoms with Crippen molar-refractivity contribution in [1.82, 2.24) is 4.57 Å². The molecule has 0 saturated heterocycles. The van der Waals surface area contributed by atoms with Crippen LogP contribution in [0.3, 0.4) is 0 Å². The van der Waals surface area contributed by atoms with Crippen molar-refractivity contribution in [3.8, 4) is 50.2 Å². The molecule has 2 heterocycles. The van der Waals surface area contributed by atoms with Gasteiger partial charge in [-0.2, -0.15) is 0 Å². The molecule has 0 aliphatic heterocycles. The van der Waals surface area contributed by atoms with Gasteiger partial charge in [-0.15, -0.1) is 0 Å². The molecular formula is C64H42N2O.